The Labute approximate surface area is 97.1 Å². The molecule has 1 rings (SSSR count). The molecular formula is C8H18N2O4S2. The molecule has 0 spiro atoms. The van der Waals surface area contributed by atoms with E-state index in [2.05, 4.69) is 4.72 Å². The van der Waals surface area contributed by atoms with Crippen molar-refractivity contribution in [1.29, 1.82) is 0 Å². The summed E-state index contributed by atoms with van der Waals surface area (Å²) in [7, 11) is -6.58. The third kappa shape index (κ3) is 4.00. The van der Waals surface area contributed by atoms with Gasteiger partial charge in [0.05, 0.1) is 11.5 Å². The lowest BCUT2D eigenvalue weighted by Crippen LogP contribution is -2.36. The third-order valence-corrected chi connectivity index (χ3v) is 5.80. The molecule has 1 heterocycles. The van der Waals surface area contributed by atoms with Crippen molar-refractivity contribution in [2.45, 2.75) is 19.8 Å². The lowest BCUT2D eigenvalue weighted by Gasteiger charge is -2.15. The zero-order valence-electron chi connectivity index (χ0n) is 9.35. The van der Waals surface area contributed by atoms with Crippen LogP contribution in [0.5, 0.6) is 0 Å². The van der Waals surface area contributed by atoms with Crippen LogP contribution in [-0.4, -0.2) is 52.3 Å². The van der Waals surface area contributed by atoms with Crippen LogP contribution in [0.3, 0.4) is 0 Å². The third-order valence-electron chi connectivity index (χ3n) is 2.52. The first-order valence-corrected chi connectivity index (χ1v) is 8.59. The van der Waals surface area contributed by atoms with E-state index in [0.717, 1.165) is 12.8 Å². The van der Waals surface area contributed by atoms with E-state index in [9.17, 15) is 16.8 Å². The average Bonchev–Trinajstić information content (AvgIpc) is 2.70. The Bertz CT molecular complexity index is 409. The smallest absolute Gasteiger partial charge is 0.214 e. The molecule has 1 aliphatic rings. The van der Waals surface area contributed by atoms with Crippen LogP contribution in [0, 0.1) is 0 Å². The fourth-order valence-corrected chi connectivity index (χ4v) is 3.70. The quantitative estimate of drug-likeness (QED) is 0.695. The topological polar surface area (TPSA) is 83.5 Å². The molecule has 0 amide bonds. The second kappa shape index (κ2) is 5.44. The van der Waals surface area contributed by atoms with Crippen LogP contribution in [0.1, 0.15) is 19.8 Å². The second-order valence-electron chi connectivity index (χ2n) is 3.72. The highest BCUT2D eigenvalue weighted by molar-refractivity contribution is 7.90. The Morgan fingerprint density at radius 1 is 1.12 bits per heavy atom. The minimum Gasteiger partial charge on any atom is -0.214 e. The van der Waals surface area contributed by atoms with Gasteiger partial charge in [0.2, 0.25) is 20.0 Å². The van der Waals surface area contributed by atoms with Crippen molar-refractivity contribution in [1.82, 2.24) is 9.03 Å². The normalized spacial score (nSPS) is 19.1. The Balaban J connectivity index is 2.43. The molecule has 1 saturated heterocycles. The Morgan fingerprint density at radius 2 is 1.69 bits per heavy atom. The summed E-state index contributed by atoms with van der Waals surface area (Å²) in [5.74, 6) is -0.191. The van der Waals surface area contributed by atoms with Crippen LogP contribution in [-0.2, 0) is 20.0 Å². The maximum absolute atomic E-state index is 11.7. The Hall–Kier alpha value is -0.180. The molecule has 0 aromatic carbocycles. The van der Waals surface area contributed by atoms with Crippen molar-refractivity contribution < 1.29 is 16.8 Å². The Kier molecular flexibility index (Phi) is 4.72. The zero-order valence-corrected chi connectivity index (χ0v) is 11.0. The van der Waals surface area contributed by atoms with Gasteiger partial charge in [-0.05, 0) is 19.8 Å². The van der Waals surface area contributed by atoms with E-state index in [1.54, 1.807) is 0 Å². The largest absolute Gasteiger partial charge is 0.215 e. The molecule has 16 heavy (non-hydrogen) atoms. The number of hydrogen-bond donors (Lipinski definition) is 1. The van der Waals surface area contributed by atoms with Crippen LogP contribution in [0.25, 0.3) is 0 Å². The number of nitrogens with one attached hydrogen (secondary N) is 1. The minimum absolute atomic E-state index is 0.0310. The zero-order chi connectivity index (χ0) is 12.2. The lowest BCUT2D eigenvalue weighted by atomic mass is 10.4. The molecule has 0 aromatic heterocycles. The Morgan fingerprint density at radius 3 is 2.19 bits per heavy atom. The van der Waals surface area contributed by atoms with E-state index >= 15 is 0 Å². The van der Waals surface area contributed by atoms with Gasteiger partial charge in [0.15, 0.2) is 0 Å². The number of nitrogens with zero attached hydrogens (tertiary/aromatic N) is 1. The van der Waals surface area contributed by atoms with Crippen LogP contribution >= 0.6 is 0 Å². The van der Waals surface area contributed by atoms with Gasteiger partial charge in [0, 0.05) is 19.6 Å². The highest BCUT2D eigenvalue weighted by Crippen LogP contribution is 2.12. The summed E-state index contributed by atoms with van der Waals surface area (Å²) in [6, 6.07) is 0. The first-order chi connectivity index (χ1) is 7.37. The summed E-state index contributed by atoms with van der Waals surface area (Å²) in [6.07, 6.45) is 1.78. The molecule has 0 radical (unpaired) electrons. The SMILES string of the molecule is CCS(=O)(=O)NCCS(=O)(=O)N1CCCC1. The van der Waals surface area contributed by atoms with Crippen LogP contribution in [0.4, 0.5) is 0 Å². The molecule has 1 aliphatic heterocycles. The molecule has 0 saturated carbocycles. The van der Waals surface area contributed by atoms with Crippen LogP contribution < -0.4 is 4.72 Å². The number of sulfonamides is 2. The first kappa shape index (κ1) is 13.9. The van der Waals surface area contributed by atoms with Crippen LogP contribution in [0.2, 0.25) is 0 Å². The fourth-order valence-electron chi connectivity index (χ4n) is 1.52. The summed E-state index contributed by atoms with van der Waals surface area (Å²) in [5.41, 5.74) is 0. The predicted octanol–water partition coefficient (Wildman–Crippen LogP) is -0.649. The van der Waals surface area contributed by atoms with E-state index in [1.807, 2.05) is 0 Å². The van der Waals surface area contributed by atoms with Gasteiger partial charge in [0.1, 0.15) is 0 Å². The molecule has 6 nitrogen and oxygen atoms in total. The van der Waals surface area contributed by atoms with Crippen molar-refractivity contribution in [3.8, 4) is 0 Å². The van der Waals surface area contributed by atoms with Gasteiger partial charge >= 0.3 is 0 Å². The summed E-state index contributed by atoms with van der Waals surface area (Å²) in [6.45, 7) is 2.58. The highest BCUT2D eigenvalue weighted by Gasteiger charge is 2.25. The van der Waals surface area contributed by atoms with E-state index in [-0.39, 0.29) is 18.1 Å². The van der Waals surface area contributed by atoms with Crippen molar-refractivity contribution in [2.75, 3.05) is 31.1 Å². The van der Waals surface area contributed by atoms with E-state index in [1.165, 1.54) is 11.2 Å². The molecule has 0 aliphatic carbocycles. The van der Waals surface area contributed by atoms with E-state index in [4.69, 9.17) is 0 Å². The predicted molar refractivity (Wildman–Crippen MR) is 62.1 cm³/mol. The molecular weight excluding hydrogens is 252 g/mol. The van der Waals surface area contributed by atoms with E-state index < -0.39 is 20.0 Å². The maximum atomic E-state index is 11.7. The van der Waals surface area contributed by atoms with Gasteiger partial charge in [-0.3, -0.25) is 0 Å². The van der Waals surface area contributed by atoms with Crippen molar-refractivity contribution in [3.63, 3.8) is 0 Å². The summed E-state index contributed by atoms with van der Waals surface area (Å²) >= 11 is 0. The first-order valence-electron chi connectivity index (χ1n) is 5.32. The fraction of sp³-hybridized carbons (Fsp3) is 1.00. The molecule has 0 aromatic rings. The van der Waals surface area contributed by atoms with Crippen molar-refractivity contribution >= 4 is 20.0 Å². The molecule has 0 atom stereocenters. The molecule has 1 fully saturated rings. The van der Waals surface area contributed by atoms with Crippen molar-refractivity contribution in [2.24, 2.45) is 0 Å². The van der Waals surface area contributed by atoms with Gasteiger partial charge in [-0.25, -0.2) is 25.9 Å². The molecule has 1 N–H and O–H groups in total. The monoisotopic (exact) mass is 270 g/mol. The summed E-state index contributed by atoms with van der Waals surface area (Å²) < 4.78 is 49.2. The minimum atomic E-state index is -3.30. The van der Waals surface area contributed by atoms with Crippen LogP contribution in [0.15, 0.2) is 0 Å². The molecule has 8 heteroatoms. The van der Waals surface area contributed by atoms with Gasteiger partial charge in [0.25, 0.3) is 0 Å². The van der Waals surface area contributed by atoms with Gasteiger partial charge in [-0.1, -0.05) is 0 Å². The van der Waals surface area contributed by atoms with Crippen molar-refractivity contribution in [3.05, 3.63) is 0 Å². The maximum Gasteiger partial charge on any atom is 0.215 e. The summed E-state index contributed by atoms with van der Waals surface area (Å²) in [4.78, 5) is 0. The second-order valence-corrected chi connectivity index (χ2v) is 7.90. The lowest BCUT2D eigenvalue weighted by molar-refractivity contribution is 0.477. The average molecular weight is 270 g/mol. The molecule has 96 valence electrons. The van der Waals surface area contributed by atoms with Gasteiger partial charge in [-0.2, -0.15) is 0 Å². The van der Waals surface area contributed by atoms with Gasteiger partial charge in [-0.15, -0.1) is 0 Å². The molecule has 0 bridgehead atoms. The van der Waals surface area contributed by atoms with Gasteiger partial charge < -0.3 is 0 Å². The highest BCUT2D eigenvalue weighted by atomic mass is 32.2. The number of rotatable bonds is 6. The molecule has 0 unspecified atom stereocenters. The summed E-state index contributed by atoms with van der Waals surface area (Å²) in [5, 5.41) is 0. The standard InChI is InChI=1S/C8H18N2O4S2/c1-2-15(11,12)9-5-8-16(13,14)10-6-3-4-7-10/h9H,2-8H2,1H3. The van der Waals surface area contributed by atoms with E-state index in [0.29, 0.717) is 13.1 Å². The number of hydrogen-bond acceptors (Lipinski definition) is 4.